The van der Waals surface area contributed by atoms with Gasteiger partial charge in [0.1, 0.15) is 17.4 Å². The Kier molecular flexibility index (Phi) is 6.95. The van der Waals surface area contributed by atoms with Gasteiger partial charge in [-0.25, -0.2) is 9.97 Å². The molecule has 1 atom stereocenters. The molecule has 0 saturated carbocycles. The molecule has 34 heavy (non-hydrogen) atoms. The van der Waals surface area contributed by atoms with E-state index >= 15 is 0 Å². The van der Waals surface area contributed by atoms with Gasteiger partial charge in [0, 0.05) is 56.1 Å². The summed E-state index contributed by atoms with van der Waals surface area (Å²) in [6.45, 7) is 6.00. The zero-order chi connectivity index (χ0) is 24.1. The zero-order valence-electron chi connectivity index (χ0n) is 20.3. The minimum absolute atomic E-state index is 0.0117. The molecule has 0 radical (unpaired) electrons. The number of methoxy groups -OCH3 is 1. The van der Waals surface area contributed by atoms with Crippen LogP contribution in [0, 0.1) is 6.92 Å². The number of likely N-dealkylation sites (tertiary alicyclic amines) is 1. The fourth-order valence-corrected chi connectivity index (χ4v) is 4.49. The Morgan fingerprint density at radius 3 is 2.82 bits per heavy atom. The summed E-state index contributed by atoms with van der Waals surface area (Å²) in [5, 5.41) is 6.49. The van der Waals surface area contributed by atoms with Crippen molar-refractivity contribution in [3.05, 3.63) is 71.4 Å². The Morgan fingerprint density at radius 2 is 2.09 bits per heavy atom. The van der Waals surface area contributed by atoms with E-state index < -0.39 is 0 Å². The lowest BCUT2D eigenvalue weighted by Gasteiger charge is -2.40. The average molecular weight is 461 g/mol. The van der Waals surface area contributed by atoms with E-state index in [1.54, 1.807) is 13.3 Å². The maximum Gasteiger partial charge on any atom is 0.253 e. The molecule has 178 valence electrons. The SMILES string of the molecule is CNc1cc(C2(C)CCCN(C(=O)c3ccc(OC)c(NCc4cccnc4)c3)C2)nc(C)n1. The lowest BCUT2D eigenvalue weighted by atomic mass is 9.78. The van der Waals surface area contributed by atoms with Crippen LogP contribution in [-0.4, -0.2) is 53.0 Å². The number of nitrogens with zero attached hydrogens (tertiary/aromatic N) is 4. The van der Waals surface area contributed by atoms with E-state index in [4.69, 9.17) is 9.72 Å². The van der Waals surface area contributed by atoms with Crippen LogP contribution in [-0.2, 0) is 12.0 Å². The van der Waals surface area contributed by atoms with Crippen LogP contribution >= 0.6 is 0 Å². The molecule has 0 bridgehead atoms. The monoisotopic (exact) mass is 460 g/mol. The van der Waals surface area contributed by atoms with Crippen LogP contribution in [0.1, 0.15) is 47.2 Å². The summed E-state index contributed by atoms with van der Waals surface area (Å²) in [4.78, 5) is 28.8. The largest absolute Gasteiger partial charge is 0.495 e. The van der Waals surface area contributed by atoms with Gasteiger partial charge in [-0.2, -0.15) is 0 Å². The summed E-state index contributed by atoms with van der Waals surface area (Å²) in [6.07, 6.45) is 5.45. The Labute approximate surface area is 200 Å². The molecule has 2 N–H and O–H groups in total. The van der Waals surface area contributed by atoms with Crippen LogP contribution in [0.3, 0.4) is 0 Å². The summed E-state index contributed by atoms with van der Waals surface area (Å²) >= 11 is 0. The zero-order valence-corrected chi connectivity index (χ0v) is 20.3. The summed E-state index contributed by atoms with van der Waals surface area (Å²) in [6, 6.07) is 11.4. The number of anilines is 2. The van der Waals surface area contributed by atoms with Crippen LogP contribution in [0.25, 0.3) is 0 Å². The maximum absolute atomic E-state index is 13.5. The molecule has 1 aliphatic heterocycles. The first kappa shape index (κ1) is 23.5. The first-order chi connectivity index (χ1) is 16.4. The molecule has 8 heteroatoms. The second-order valence-electron chi connectivity index (χ2n) is 8.96. The van der Waals surface area contributed by atoms with Crippen LogP contribution < -0.4 is 15.4 Å². The molecule has 1 aromatic carbocycles. The lowest BCUT2D eigenvalue weighted by molar-refractivity contribution is 0.0647. The first-order valence-corrected chi connectivity index (χ1v) is 11.6. The molecular weight excluding hydrogens is 428 g/mol. The third-order valence-corrected chi connectivity index (χ3v) is 6.35. The van der Waals surface area contributed by atoms with Gasteiger partial charge in [-0.05, 0) is 49.6 Å². The number of aryl methyl sites for hydroxylation is 1. The molecule has 4 rings (SSSR count). The van der Waals surface area contributed by atoms with Gasteiger partial charge in [0.25, 0.3) is 5.91 Å². The van der Waals surface area contributed by atoms with E-state index in [1.807, 2.05) is 61.5 Å². The lowest BCUT2D eigenvalue weighted by Crippen LogP contribution is -2.47. The Balaban J connectivity index is 1.54. The number of carbonyl (C=O) groups is 1. The van der Waals surface area contributed by atoms with Crippen molar-refractivity contribution < 1.29 is 9.53 Å². The van der Waals surface area contributed by atoms with Gasteiger partial charge in [-0.3, -0.25) is 9.78 Å². The summed E-state index contributed by atoms with van der Waals surface area (Å²) in [5.74, 6) is 2.23. The number of hydrogen-bond donors (Lipinski definition) is 2. The smallest absolute Gasteiger partial charge is 0.253 e. The number of benzene rings is 1. The molecule has 1 unspecified atom stereocenters. The molecule has 8 nitrogen and oxygen atoms in total. The number of amides is 1. The molecule has 0 spiro atoms. The van der Waals surface area contributed by atoms with Gasteiger partial charge >= 0.3 is 0 Å². The highest BCUT2D eigenvalue weighted by molar-refractivity contribution is 5.95. The molecule has 1 fully saturated rings. The van der Waals surface area contributed by atoms with Gasteiger partial charge in [0.2, 0.25) is 0 Å². The highest BCUT2D eigenvalue weighted by Gasteiger charge is 2.36. The number of carbonyl (C=O) groups excluding carboxylic acids is 1. The minimum atomic E-state index is -0.235. The fourth-order valence-electron chi connectivity index (χ4n) is 4.49. The van der Waals surface area contributed by atoms with Crippen molar-refractivity contribution in [1.82, 2.24) is 19.9 Å². The molecule has 3 heterocycles. The number of piperidine rings is 1. The van der Waals surface area contributed by atoms with E-state index in [1.165, 1.54) is 0 Å². The molecule has 1 amide bonds. The number of aromatic nitrogens is 3. The van der Waals surface area contributed by atoms with Gasteiger partial charge in [-0.1, -0.05) is 13.0 Å². The Morgan fingerprint density at radius 1 is 1.24 bits per heavy atom. The van der Waals surface area contributed by atoms with Crippen molar-refractivity contribution in [2.45, 2.75) is 38.6 Å². The van der Waals surface area contributed by atoms with Crippen molar-refractivity contribution in [3.63, 3.8) is 0 Å². The van der Waals surface area contributed by atoms with Crippen LogP contribution in [0.15, 0.2) is 48.8 Å². The van der Waals surface area contributed by atoms with Crippen LogP contribution in [0.5, 0.6) is 5.75 Å². The first-order valence-electron chi connectivity index (χ1n) is 11.6. The Hall–Kier alpha value is -3.68. The molecule has 0 aliphatic carbocycles. The van der Waals surface area contributed by atoms with Crippen molar-refractivity contribution in [2.75, 3.05) is 37.9 Å². The van der Waals surface area contributed by atoms with Crippen molar-refractivity contribution in [2.24, 2.45) is 0 Å². The third-order valence-electron chi connectivity index (χ3n) is 6.35. The quantitative estimate of drug-likeness (QED) is 0.550. The predicted octanol–water partition coefficient (Wildman–Crippen LogP) is 4.04. The highest BCUT2D eigenvalue weighted by atomic mass is 16.5. The van der Waals surface area contributed by atoms with Gasteiger partial charge in [0.15, 0.2) is 0 Å². The fraction of sp³-hybridized carbons (Fsp3) is 0.385. The number of ether oxygens (including phenoxy) is 1. The molecule has 3 aromatic rings. The molecular formula is C26H32N6O2. The maximum atomic E-state index is 13.5. The molecule has 1 aliphatic rings. The number of rotatable bonds is 7. The normalized spacial score (nSPS) is 17.8. The van der Waals surface area contributed by atoms with E-state index in [-0.39, 0.29) is 11.3 Å². The minimum Gasteiger partial charge on any atom is -0.495 e. The topological polar surface area (TPSA) is 92.3 Å². The van der Waals surface area contributed by atoms with Gasteiger partial charge in [-0.15, -0.1) is 0 Å². The average Bonchev–Trinajstić information content (AvgIpc) is 2.87. The summed E-state index contributed by atoms with van der Waals surface area (Å²) in [7, 11) is 3.49. The van der Waals surface area contributed by atoms with Crippen molar-refractivity contribution in [3.8, 4) is 5.75 Å². The standard InChI is InChI=1S/C26H32N6O2/c1-18-30-23(14-24(27-3)31-18)26(2)10-6-12-32(17-26)25(33)20-8-9-22(34-4)21(13-20)29-16-19-7-5-11-28-15-19/h5,7-9,11,13-15,29H,6,10,12,16-17H2,1-4H3,(H,27,30,31). The van der Waals surface area contributed by atoms with E-state index in [2.05, 4.69) is 27.5 Å². The van der Waals surface area contributed by atoms with Crippen LogP contribution in [0.4, 0.5) is 11.5 Å². The van der Waals surface area contributed by atoms with Crippen molar-refractivity contribution >= 4 is 17.4 Å². The predicted molar refractivity (Wildman–Crippen MR) is 133 cm³/mol. The summed E-state index contributed by atoms with van der Waals surface area (Å²) < 4.78 is 5.51. The number of nitrogens with one attached hydrogen (secondary N) is 2. The van der Waals surface area contributed by atoms with Crippen molar-refractivity contribution in [1.29, 1.82) is 0 Å². The number of pyridine rings is 1. The second-order valence-corrected chi connectivity index (χ2v) is 8.96. The highest BCUT2D eigenvalue weighted by Crippen LogP contribution is 2.35. The second kappa shape index (κ2) is 10.1. The van der Waals surface area contributed by atoms with Crippen LogP contribution in [0.2, 0.25) is 0 Å². The van der Waals surface area contributed by atoms with E-state index in [0.29, 0.717) is 24.4 Å². The van der Waals surface area contributed by atoms with Gasteiger partial charge in [0.05, 0.1) is 18.5 Å². The van der Waals surface area contributed by atoms with Gasteiger partial charge < -0.3 is 20.3 Å². The molecule has 2 aromatic heterocycles. The third kappa shape index (κ3) is 5.11. The number of hydrogen-bond acceptors (Lipinski definition) is 7. The molecule has 1 saturated heterocycles. The summed E-state index contributed by atoms with van der Waals surface area (Å²) in [5.41, 5.74) is 3.20. The Bertz CT molecular complexity index is 1150. The van der Waals surface area contributed by atoms with E-state index in [9.17, 15) is 4.79 Å². The van der Waals surface area contributed by atoms with E-state index in [0.717, 1.165) is 48.0 Å².